The van der Waals surface area contributed by atoms with Crippen molar-refractivity contribution in [1.82, 2.24) is 34.8 Å². The summed E-state index contributed by atoms with van der Waals surface area (Å²) in [4.78, 5) is 37.5. The van der Waals surface area contributed by atoms with Gasteiger partial charge in [-0.3, -0.25) is 24.3 Å². The van der Waals surface area contributed by atoms with Crippen molar-refractivity contribution in [3.05, 3.63) is 90.5 Å². The van der Waals surface area contributed by atoms with Crippen LogP contribution in [0.1, 0.15) is 24.8 Å². The quantitative estimate of drug-likeness (QED) is 0.286. The molecule has 2 aromatic heterocycles. The van der Waals surface area contributed by atoms with Crippen molar-refractivity contribution in [3.63, 3.8) is 0 Å². The summed E-state index contributed by atoms with van der Waals surface area (Å²) in [7, 11) is 1.85. The summed E-state index contributed by atoms with van der Waals surface area (Å²) in [5.74, 6) is 0.634. The number of benzene rings is 3. The third-order valence-electron chi connectivity index (χ3n) is 9.96. The van der Waals surface area contributed by atoms with Crippen molar-refractivity contribution in [2.24, 2.45) is 12.5 Å². The number of rotatable bonds is 6. The first kappa shape index (κ1) is 29.3. The summed E-state index contributed by atoms with van der Waals surface area (Å²) in [5.41, 5.74) is 6.12. The lowest BCUT2D eigenvalue weighted by atomic mass is 9.85. The lowest BCUT2D eigenvalue weighted by Crippen LogP contribution is -2.43. The van der Waals surface area contributed by atoms with Crippen LogP contribution in [0, 0.1) is 11.2 Å². The summed E-state index contributed by atoms with van der Waals surface area (Å²) in [6.45, 7) is 3.54. The number of aromatic nitrogens is 5. The van der Waals surface area contributed by atoms with Crippen LogP contribution in [0.4, 0.5) is 10.1 Å². The van der Waals surface area contributed by atoms with E-state index in [0.29, 0.717) is 38.5 Å². The van der Waals surface area contributed by atoms with Gasteiger partial charge >= 0.3 is 0 Å². The number of hydrogen-bond donors (Lipinski definition) is 1. The molecule has 47 heavy (non-hydrogen) atoms. The van der Waals surface area contributed by atoms with E-state index in [-0.39, 0.29) is 17.6 Å². The highest BCUT2D eigenvalue weighted by molar-refractivity contribution is 6.03. The van der Waals surface area contributed by atoms with Gasteiger partial charge in [0, 0.05) is 55.4 Å². The lowest BCUT2D eigenvalue weighted by Gasteiger charge is -2.29. The molecule has 3 aliphatic rings. The van der Waals surface area contributed by atoms with E-state index in [0.717, 1.165) is 64.8 Å². The zero-order chi connectivity index (χ0) is 32.1. The minimum Gasteiger partial charge on any atom is -0.338 e. The molecule has 1 atom stereocenters. The second-order valence-electron chi connectivity index (χ2n) is 12.9. The number of nitrogens with zero attached hydrogens (tertiary/aromatic N) is 7. The number of likely N-dealkylation sites (tertiary alicyclic amines) is 1. The Kier molecular flexibility index (Phi) is 7.20. The molecule has 2 saturated heterocycles. The maximum atomic E-state index is 13.9. The molecule has 1 spiro atoms. The first-order valence-electron chi connectivity index (χ1n) is 16.1. The molecular formula is C36H35FN8O2. The zero-order valence-electron chi connectivity index (χ0n) is 26.2. The SMILES string of the molecule is Cn1cnc(-c2ccc(C3=CCN(C(=O)CN4CC[C@]5(CCN(c6ccc7[nH]nc(-c8ccc(F)cc8)c7c6)C5=O)C4)CC3)cc2)n1. The number of carbonyl (C=O) groups excluding carboxylic acids is 2. The van der Waals surface area contributed by atoms with Gasteiger partial charge in [-0.15, -0.1) is 0 Å². The van der Waals surface area contributed by atoms with Crippen molar-refractivity contribution in [3.8, 4) is 22.6 Å². The number of aryl methyl sites for hydroxylation is 1. The normalized spacial score (nSPS) is 20.1. The Morgan fingerprint density at radius 2 is 1.72 bits per heavy atom. The second-order valence-corrected chi connectivity index (χ2v) is 12.9. The van der Waals surface area contributed by atoms with Crippen molar-refractivity contribution in [2.75, 3.05) is 44.2 Å². The summed E-state index contributed by atoms with van der Waals surface area (Å²) < 4.78 is 15.2. The number of amides is 2. The van der Waals surface area contributed by atoms with Crippen LogP contribution in [0.3, 0.4) is 0 Å². The van der Waals surface area contributed by atoms with Crippen LogP contribution in [-0.2, 0) is 16.6 Å². The Hall–Kier alpha value is -5.16. The van der Waals surface area contributed by atoms with Crippen LogP contribution in [0.5, 0.6) is 0 Å². The second kappa shape index (κ2) is 11.6. The van der Waals surface area contributed by atoms with Crippen LogP contribution < -0.4 is 4.90 Å². The molecule has 0 radical (unpaired) electrons. The van der Waals surface area contributed by atoms with Crippen LogP contribution in [0.15, 0.2) is 79.1 Å². The van der Waals surface area contributed by atoms with E-state index in [1.54, 1.807) is 23.1 Å². The number of halogens is 1. The Morgan fingerprint density at radius 3 is 2.47 bits per heavy atom. The molecule has 238 valence electrons. The molecule has 0 unspecified atom stereocenters. The van der Waals surface area contributed by atoms with Crippen molar-refractivity contribution in [1.29, 1.82) is 0 Å². The van der Waals surface area contributed by atoms with E-state index < -0.39 is 5.41 Å². The summed E-state index contributed by atoms with van der Waals surface area (Å²) in [6, 6.07) is 20.4. The molecular weight excluding hydrogens is 595 g/mol. The van der Waals surface area contributed by atoms with Gasteiger partial charge in [0.05, 0.1) is 23.2 Å². The molecule has 8 rings (SSSR count). The monoisotopic (exact) mass is 630 g/mol. The standard InChI is InChI=1S/C36H35FN8O2/c1-42-23-38-34(41-42)27-4-2-24(3-5-27)25-12-16-44(17-13-25)32(46)21-43-18-14-36(22-43)15-19-45(35(36)47)29-10-11-31-30(20-29)33(40-39-31)26-6-8-28(37)9-7-26/h2-12,20,23H,13-19,21-22H2,1H3,(H,39,40)/t36-/m0/s1. The number of aromatic amines is 1. The van der Waals surface area contributed by atoms with E-state index in [4.69, 9.17) is 0 Å². The molecule has 3 aromatic carbocycles. The number of H-pyrrole nitrogens is 1. The van der Waals surface area contributed by atoms with Gasteiger partial charge in [0.25, 0.3) is 0 Å². The molecule has 11 heteroatoms. The Bertz CT molecular complexity index is 2010. The predicted octanol–water partition coefficient (Wildman–Crippen LogP) is 4.91. The molecule has 2 amide bonds. The highest BCUT2D eigenvalue weighted by Crippen LogP contribution is 2.43. The first-order chi connectivity index (χ1) is 22.8. The van der Waals surface area contributed by atoms with E-state index >= 15 is 0 Å². The number of anilines is 1. The molecule has 0 aliphatic carbocycles. The average molecular weight is 631 g/mol. The molecule has 0 saturated carbocycles. The molecule has 1 N–H and O–H groups in total. The lowest BCUT2D eigenvalue weighted by molar-refractivity contribution is -0.132. The van der Waals surface area contributed by atoms with Gasteiger partial charge in [-0.05, 0) is 79.4 Å². The fraction of sp³-hybridized carbons (Fsp3) is 0.306. The van der Waals surface area contributed by atoms with Crippen molar-refractivity contribution >= 4 is 34.0 Å². The molecule has 3 aliphatic heterocycles. The van der Waals surface area contributed by atoms with Gasteiger partial charge < -0.3 is 9.80 Å². The third kappa shape index (κ3) is 5.40. The van der Waals surface area contributed by atoms with Crippen LogP contribution >= 0.6 is 0 Å². The highest BCUT2D eigenvalue weighted by Gasteiger charge is 2.51. The topological polar surface area (TPSA) is 103 Å². The minimum absolute atomic E-state index is 0.106. The van der Waals surface area contributed by atoms with Crippen molar-refractivity contribution < 1.29 is 14.0 Å². The van der Waals surface area contributed by atoms with E-state index in [9.17, 15) is 14.0 Å². The maximum absolute atomic E-state index is 13.9. The molecule has 5 aromatic rings. The fourth-order valence-electron chi connectivity index (χ4n) is 7.29. The first-order valence-corrected chi connectivity index (χ1v) is 16.1. The van der Waals surface area contributed by atoms with Gasteiger partial charge in [0.1, 0.15) is 12.1 Å². The largest absolute Gasteiger partial charge is 0.338 e. The summed E-state index contributed by atoms with van der Waals surface area (Å²) in [5, 5.41) is 12.8. The number of fused-ring (bicyclic) bond motifs is 1. The number of carbonyl (C=O) groups is 2. The fourth-order valence-corrected chi connectivity index (χ4v) is 7.29. The third-order valence-corrected chi connectivity index (χ3v) is 9.96. The number of nitrogens with one attached hydrogen (secondary N) is 1. The Balaban J connectivity index is 0.894. The summed E-state index contributed by atoms with van der Waals surface area (Å²) in [6.07, 6.45) is 6.15. The minimum atomic E-state index is -0.475. The molecule has 10 nitrogen and oxygen atoms in total. The Labute approximate surface area is 271 Å². The average Bonchev–Trinajstić information content (AvgIpc) is 3.89. The van der Waals surface area contributed by atoms with Gasteiger partial charge in [-0.2, -0.15) is 10.2 Å². The van der Waals surface area contributed by atoms with Crippen LogP contribution in [-0.4, -0.2) is 85.8 Å². The van der Waals surface area contributed by atoms with Gasteiger partial charge in [0.15, 0.2) is 5.82 Å². The van der Waals surface area contributed by atoms with Crippen LogP contribution in [0.2, 0.25) is 0 Å². The van der Waals surface area contributed by atoms with Gasteiger partial charge in [0.2, 0.25) is 11.8 Å². The van der Waals surface area contributed by atoms with Gasteiger partial charge in [-0.1, -0.05) is 30.3 Å². The predicted molar refractivity (Wildman–Crippen MR) is 178 cm³/mol. The van der Waals surface area contributed by atoms with Crippen LogP contribution in [0.25, 0.3) is 39.1 Å². The molecule has 0 bridgehead atoms. The Morgan fingerprint density at radius 1 is 0.957 bits per heavy atom. The number of hydrogen-bond acceptors (Lipinski definition) is 6. The highest BCUT2D eigenvalue weighted by atomic mass is 19.1. The molecule has 2 fully saturated rings. The van der Waals surface area contributed by atoms with E-state index in [1.807, 2.05) is 47.2 Å². The van der Waals surface area contributed by atoms with Gasteiger partial charge in [-0.25, -0.2) is 9.37 Å². The van der Waals surface area contributed by atoms with Crippen molar-refractivity contribution in [2.45, 2.75) is 19.3 Å². The maximum Gasteiger partial charge on any atom is 0.237 e. The smallest absolute Gasteiger partial charge is 0.237 e. The molecule has 5 heterocycles. The van der Waals surface area contributed by atoms with E-state index in [1.165, 1.54) is 17.7 Å². The zero-order valence-corrected chi connectivity index (χ0v) is 26.2. The van der Waals surface area contributed by atoms with E-state index in [2.05, 4.69) is 43.4 Å². The summed E-state index contributed by atoms with van der Waals surface area (Å²) >= 11 is 0.